The van der Waals surface area contributed by atoms with Crippen LogP contribution in [0.15, 0.2) is 24.3 Å². The number of benzene rings is 1. The molecule has 0 aromatic heterocycles. The van der Waals surface area contributed by atoms with Crippen molar-refractivity contribution in [2.24, 2.45) is 5.92 Å². The van der Waals surface area contributed by atoms with E-state index in [0.717, 1.165) is 56.9 Å². The summed E-state index contributed by atoms with van der Waals surface area (Å²) in [5.41, 5.74) is 8.52. The van der Waals surface area contributed by atoms with Crippen LogP contribution in [0.3, 0.4) is 0 Å². The number of carbonyl (C=O) groups excluding carboxylic acids is 1. The van der Waals surface area contributed by atoms with E-state index in [1.54, 1.807) is 0 Å². The number of carbonyl (C=O) groups is 1. The van der Waals surface area contributed by atoms with Crippen LogP contribution in [0.5, 0.6) is 0 Å². The highest BCUT2D eigenvalue weighted by Gasteiger charge is 2.29. The van der Waals surface area contributed by atoms with Crippen molar-refractivity contribution < 1.29 is 9.53 Å². The normalized spacial score (nSPS) is 26.1. The van der Waals surface area contributed by atoms with Crippen LogP contribution in [-0.2, 0) is 4.74 Å². The van der Waals surface area contributed by atoms with Crippen molar-refractivity contribution in [1.29, 1.82) is 0 Å². The summed E-state index contributed by atoms with van der Waals surface area (Å²) < 4.78 is 5.39. The van der Waals surface area contributed by atoms with Crippen LogP contribution in [0.1, 0.15) is 37.0 Å². The summed E-state index contributed by atoms with van der Waals surface area (Å²) in [7, 11) is 1.90. The summed E-state index contributed by atoms with van der Waals surface area (Å²) in [5, 5.41) is 0. The van der Waals surface area contributed by atoms with E-state index in [4.69, 9.17) is 4.74 Å². The fourth-order valence-electron chi connectivity index (χ4n) is 3.93. The van der Waals surface area contributed by atoms with Gasteiger partial charge in [0.2, 0.25) is 0 Å². The van der Waals surface area contributed by atoms with Gasteiger partial charge in [0.1, 0.15) is 0 Å². The molecular weight excluding hydrogens is 328 g/mol. The number of rotatable bonds is 6. The fraction of sp³-hybridized carbons (Fsp3) is 0.650. The molecule has 26 heavy (non-hydrogen) atoms. The van der Waals surface area contributed by atoms with E-state index >= 15 is 0 Å². The van der Waals surface area contributed by atoms with Crippen molar-refractivity contribution in [2.45, 2.75) is 38.8 Å². The third-order valence-electron chi connectivity index (χ3n) is 5.69. The second-order valence-corrected chi connectivity index (χ2v) is 7.55. The molecule has 2 aliphatic heterocycles. The molecule has 0 bridgehead atoms. The monoisotopic (exact) mass is 360 g/mol. The Balaban J connectivity index is 1.48. The van der Waals surface area contributed by atoms with Crippen molar-refractivity contribution in [1.82, 2.24) is 15.8 Å². The SMILES string of the molecule is CC1NNC(C)C1CCCN(C)C(=O)c1ccc(N2CCOCC2)cc1. The highest BCUT2D eigenvalue weighted by molar-refractivity contribution is 5.94. The molecule has 2 fully saturated rings. The van der Waals surface area contributed by atoms with E-state index in [0.29, 0.717) is 18.0 Å². The third kappa shape index (κ3) is 4.55. The topological polar surface area (TPSA) is 56.8 Å². The van der Waals surface area contributed by atoms with Crippen molar-refractivity contribution in [2.75, 3.05) is 44.8 Å². The summed E-state index contributed by atoms with van der Waals surface area (Å²) in [5.74, 6) is 0.716. The van der Waals surface area contributed by atoms with Gasteiger partial charge in [0, 0.05) is 50.0 Å². The Bertz CT molecular complexity index is 576. The Morgan fingerprint density at radius 2 is 1.77 bits per heavy atom. The van der Waals surface area contributed by atoms with Gasteiger partial charge in [-0.2, -0.15) is 0 Å². The number of amides is 1. The molecule has 0 radical (unpaired) electrons. The van der Waals surface area contributed by atoms with Crippen LogP contribution in [0.25, 0.3) is 0 Å². The van der Waals surface area contributed by atoms with E-state index in [-0.39, 0.29) is 5.91 Å². The molecule has 3 rings (SSSR count). The van der Waals surface area contributed by atoms with E-state index < -0.39 is 0 Å². The average Bonchev–Trinajstić information content (AvgIpc) is 3.00. The lowest BCUT2D eigenvalue weighted by atomic mass is 9.91. The first-order chi connectivity index (χ1) is 12.6. The number of nitrogens with zero attached hydrogens (tertiary/aromatic N) is 2. The summed E-state index contributed by atoms with van der Waals surface area (Å²) in [6.45, 7) is 8.58. The maximum absolute atomic E-state index is 12.7. The number of nitrogens with one attached hydrogen (secondary N) is 2. The van der Waals surface area contributed by atoms with Gasteiger partial charge in [-0.15, -0.1) is 0 Å². The fourth-order valence-corrected chi connectivity index (χ4v) is 3.93. The molecule has 1 aromatic rings. The van der Waals surface area contributed by atoms with E-state index in [9.17, 15) is 4.79 Å². The van der Waals surface area contributed by atoms with Crippen LogP contribution < -0.4 is 15.8 Å². The molecule has 6 heteroatoms. The van der Waals surface area contributed by atoms with Gasteiger partial charge in [-0.05, 0) is 56.9 Å². The lowest BCUT2D eigenvalue weighted by molar-refractivity contribution is 0.0790. The van der Waals surface area contributed by atoms with Gasteiger partial charge in [0.25, 0.3) is 5.91 Å². The molecule has 144 valence electrons. The number of anilines is 1. The number of morpholine rings is 1. The summed E-state index contributed by atoms with van der Waals surface area (Å²) in [4.78, 5) is 16.8. The highest BCUT2D eigenvalue weighted by Crippen LogP contribution is 2.21. The molecule has 2 N–H and O–H groups in total. The van der Waals surface area contributed by atoms with Crippen LogP contribution in [0, 0.1) is 5.92 Å². The van der Waals surface area contributed by atoms with Gasteiger partial charge in [-0.3, -0.25) is 15.6 Å². The van der Waals surface area contributed by atoms with Gasteiger partial charge in [-0.1, -0.05) is 0 Å². The van der Waals surface area contributed by atoms with Crippen molar-refractivity contribution in [3.05, 3.63) is 29.8 Å². The average molecular weight is 361 g/mol. The summed E-state index contributed by atoms with van der Waals surface area (Å²) in [6, 6.07) is 8.95. The van der Waals surface area contributed by atoms with Gasteiger partial charge in [-0.25, -0.2) is 0 Å². The molecule has 1 aromatic carbocycles. The first-order valence-electron chi connectivity index (χ1n) is 9.75. The number of ether oxygens (including phenoxy) is 1. The first-order valence-corrected chi connectivity index (χ1v) is 9.75. The molecule has 6 nitrogen and oxygen atoms in total. The molecule has 2 aliphatic rings. The molecule has 0 saturated carbocycles. The van der Waals surface area contributed by atoms with Gasteiger partial charge in [0.05, 0.1) is 13.2 Å². The number of hydrogen-bond acceptors (Lipinski definition) is 5. The maximum Gasteiger partial charge on any atom is 0.253 e. The largest absolute Gasteiger partial charge is 0.378 e. The Morgan fingerprint density at radius 3 is 2.38 bits per heavy atom. The Hall–Kier alpha value is -1.63. The van der Waals surface area contributed by atoms with Crippen LogP contribution in [0.4, 0.5) is 5.69 Å². The summed E-state index contributed by atoms with van der Waals surface area (Å²) in [6.07, 6.45) is 2.15. The smallest absolute Gasteiger partial charge is 0.253 e. The lowest BCUT2D eigenvalue weighted by Gasteiger charge is -2.29. The Labute approximate surface area is 156 Å². The zero-order valence-electron chi connectivity index (χ0n) is 16.2. The number of hydrazine groups is 1. The highest BCUT2D eigenvalue weighted by atomic mass is 16.5. The molecular formula is C20H32N4O2. The molecule has 0 spiro atoms. The second kappa shape index (κ2) is 8.84. The van der Waals surface area contributed by atoms with Gasteiger partial charge >= 0.3 is 0 Å². The predicted octanol–water partition coefficient (Wildman–Crippen LogP) is 1.88. The lowest BCUT2D eigenvalue weighted by Crippen LogP contribution is -2.36. The Morgan fingerprint density at radius 1 is 1.15 bits per heavy atom. The van der Waals surface area contributed by atoms with E-state index in [2.05, 4.69) is 29.6 Å². The standard InChI is InChI=1S/C20H32N4O2/c1-15-19(16(2)22-21-15)5-4-10-23(3)20(25)17-6-8-18(9-7-17)24-11-13-26-14-12-24/h6-9,15-16,19,21-22H,4-5,10-14H2,1-3H3. The first kappa shape index (κ1) is 19.1. The number of hydrogen-bond donors (Lipinski definition) is 2. The van der Waals surface area contributed by atoms with Crippen molar-refractivity contribution in [3.63, 3.8) is 0 Å². The van der Waals surface area contributed by atoms with Crippen molar-refractivity contribution >= 4 is 11.6 Å². The second-order valence-electron chi connectivity index (χ2n) is 7.55. The predicted molar refractivity (Wildman–Crippen MR) is 104 cm³/mol. The minimum Gasteiger partial charge on any atom is -0.378 e. The minimum absolute atomic E-state index is 0.0993. The molecule has 2 saturated heterocycles. The quantitative estimate of drug-likeness (QED) is 0.811. The van der Waals surface area contributed by atoms with Gasteiger partial charge in [0.15, 0.2) is 0 Å². The van der Waals surface area contributed by atoms with Gasteiger partial charge < -0.3 is 14.5 Å². The van der Waals surface area contributed by atoms with Crippen LogP contribution in [-0.4, -0.2) is 62.8 Å². The maximum atomic E-state index is 12.7. The molecule has 2 atom stereocenters. The zero-order valence-corrected chi connectivity index (χ0v) is 16.2. The zero-order chi connectivity index (χ0) is 18.5. The molecule has 2 heterocycles. The van der Waals surface area contributed by atoms with Crippen LogP contribution in [0.2, 0.25) is 0 Å². The van der Waals surface area contributed by atoms with Crippen molar-refractivity contribution in [3.8, 4) is 0 Å². The molecule has 1 amide bonds. The minimum atomic E-state index is 0.0993. The third-order valence-corrected chi connectivity index (χ3v) is 5.69. The van der Waals surface area contributed by atoms with Crippen LogP contribution >= 0.6 is 0 Å². The Kier molecular flexibility index (Phi) is 6.51. The molecule has 2 unspecified atom stereocenters. The summed E-state index contributed by atoms with van der Waals surface area (Å²) >= 11 is 0. The van der Waals surface area contributed by atoms with E-state index in [1.807, 2.05) is 36.2 Å². The molecule has 0 aliphatic carbocycles. The van der Waals surface area contributed by atoms with E-state index in [1.165, 1.54) is 0 Å².